The number of fused-ring (bicyclic) bond motifs is 5. The van der Waals surface area contributed by atoms with E-state index in [9.17, 15) is 19.2 Å². The van der Waals surface area contributed by atoms with E-state index in [2.05, 4.69) is 0 Å². The number of likely N-dealkylation sites (tertiary alicyclic amines) is 2. The molecule has 0 N–H and O–H groups in total. The van der Waals surface area contributed by atoms with E-state index >= 15 is 0 Å². The minimum absolute atomic E-state index is 0.160. The maximum Gasteiger partial charge on any atom is 0.255 e. The Kier molecular flexibility index (Phi) is 5.05. The summed E-state index contributed by atoms with van der Waals surface area (Å²) in [4.78, 5) is 58.9. The Balaban J connectivity index is 1.72. The summed E-state index contributed by atoms with van der Waals surface area (Å²) in [5.41, 5.74) is -0.279. The highest BCUT2D eigenvalue weighted by molar-refractivity contribution is 6.30. The zero-order valence-electron chi connectivity index (χ0n) is 18.4. The van der Waals surface area contributed by atoms with Crippen LogP contribution in [0.2, 0.25) is 5.02 Å². The number of imide groups is 1. The average molecular weight is 466 g/mol. The number of carbonyl (C=O) groups is 4. The molecule has 2 aromatic carbocycles. The van der Waals surface area contributed by atoms with Crippen LogP contribution in [-0.2, 0) is 20.8 Å². The molecular formula is C25H24ClN3O4. The van der Waals surface area contributed by atoms with Crippen molar-refractivity contribution in [1.29, 1.82) is 0 Å². The van der Waals surface area contributed by atoms with Crippen LogP contribution in [0.4, 0.5) is 0 Å². The summed E-state index contributed by atoms with van der Waals surface area (Å²) < 4.78 is 0. The van der Waals surface area contributed by atoms with Gasteiger partial charge in [-0.05, 0) is 36.8 Å². The number of likely N-dealkylation sites (N-methyl/N-ethyl adjacent to an activating group) is 1. The molecule has 8 heteroatoms. The summed E-state index contributed by atoms with van der Waals surface area (Å²) in [6.07, 6.45) is 0.160. The van der Waals surface area contributed by atoms with Crippen molar-refractivity contribution in [3.8, 4) is 0 Å². The van der Waals surface area contributed by atoms with Crippen molar-refractivity contribution in [3.05, 3.63) is 70.7 Å². The van der Waals surface area contributed by atoms with Gasteiger partial charge < -0.3 is 9.80 Å². The zero-order valence-corrected chi connectivity index (χ0v) is 19.2. The lowest BCUT2D eigenvalue weighted by Crippen LogP contribution is -2.70. The van der Waals surface area contributed by atoms with Gasteiger partial charge in [0, 0.05) is 37.1 Å². The standard InChI is InChI=1S/C25H24ClN3O4/c1-3-28-14-18-19-20(23(32)27(2)22(19)31)25(24(28)33,13-15-7-5-4-6-8-15)29(18)21(30)16-9-11-17(26)12-10-16/h4-12,18-20H,3,13-14H2,1-2H3/t18-,19+,20-,25-/m1/s1. The highest BCUT2D eigenvalue weighted by atomic mass is 35.5. The van der Waals surface area contributed by atoms with Gasteiger partial charge in [-0.2, -0.15) is 0 Å². The van der Waals surface area contributed by atoms with Gasteiger partial charge in [0.25, 0.3) is 5.91 Å². The Morgan fingerprint density at radius 1 is 1.03 bits per heavy atom. The van der Waals surface area contributed by atoms with E-state index in [0.717, 1.165) is 10.5 Å². The molecule has 2 aromatic rings. The summed E-state index contributed by atoms with van der Waals surface area (Å²) in [6.45, 7) is 2.53. The first-order chi connectivity index (χ1) is 15.8. The van der Waals surface area contributed by atoms with Crippen LogP contribution < -0.4 is 0 Å². The van der Waals surface area contributed by atoms with Crippen molar-refractivity contribution in [2.75, 3.05) is 20.1 Å². The Hall–Kier alpha value is -3.19. The van der Waals surface area contributed by atoms with E-state index in [0.29, 0.717) is 17.1 Å². The number of halogens is 1. The van der Waals surface area contributed by atoms with Crippen molar-refractivity contribution in [2.24, 2.45) is 11.8 Å². The molecule has 0 spiro atoms. The van der Waals surface area contributed by atoms with Crippen LogP contribution >= 0.6 is 11.6 Å². The Bertz CT molecular complexity index is 1150. The van der Waals surface area contributed by atoms with Crippen LogP contribution in [0.15, 0.2) is 54.6 Å². The molecule has 0 aliphatic carbocycles. The molecule has 0 unspecified atom stereocenters. The smallest absolute Gasteiger partial charge is 0.255 e. The molecule has 3 aliphatic rings. The molecule has 3 heterocycles. The first-order valence-electron chi connectivity index (χ1n) is 11.0. The van der Waals surface area contributed by atoms with Gasteiger partial charge in [0.2, 0.25) is 17.7 Å². The summed E-state index contributed by atoms with van der Waals surface area (Å²) in [5, 5.41) is 0.490. The molecule has 170 valence electrons. The van der Waals surface area contributed by atoms with Gasteiger partial charge in [0.05, 0.1) is 17.9 Å². The first kappa shape index (κ1) is 21.6. The monoisotopic (exact) mass is 465 g/mol. The Morgan fingerprint density at radius 3 is 2.33 bits per heavy atom. The molecule has 3 aliphatic heterocycles. The molecular weight excluding hydrogens is 442 g/mol. The second kappa shape index (κ2) is 7.70. The van der Waals surface area contributed by atoms with Gasteiger partial charge in [-0.25, -0.2) is 0 Å². The van der Waals surface area contributed by atoms with Gasteiger partial charge in [-0.1, -0.05) is 41.9 Å². The molecule has 4 atom stereocenters. The third kappa shape index (κ3) is 2.95. The fourth-order valence-corrected chi connectivity index (χ4v) is 5.99. The van der Waals surface area contributed by atoms with Crippen LogP contribution in [0.5, 0.6) is 0 Å². The van der Waals surface area contributed by atoms with Gasteiger partial charge >= 0.3 is 0 Å². The van der Waals surface area contributed by atoms with Gasteiger partial charge in [-0.15, -0.1) is 0 Å². The third-order valence-corrected chi connectivity index (χ3v) is 7.59. The van der Waals surface area contributed by atoms with E-state index in [1.54, 1.807) is 34.1 Å². The molecule has 5 rings (SSSR count). The fourth-order valence-electron chi connectivity index (χ4n) is 5.86. The summed E-state index contributed by atoms with van der Waals surface area (Å²) >= 11 is 6.02. The minimum Gasteiger partial charge on any atom is -0.339 e. The van der Waals surface area contributed by atoms with E-state index in [-0.39, 0.29) is 30.7 Å². The number of amides is 4. The molecule has 3 fully saturated rings. The van der Waals surface area contributed by atoms with Crippen LogP contribution in [0.3, 0.4) is 0 Å². The molecule has 0 radical (unpaired) electrons. The summed E-state index contributed by atoms with van der Waals surface area (Å²) in [5.74, 6) is -3.04. The maximum atomic E-state index is 14.1. The number of piperazine rings is 1. The second-order valence-corrected chi connectivity index (χ2v) is 9.36. The lowest BCUT2D eigenvalue weighted by Gasteiger charge is -2.49. The van der Waals surface area contributed by atoms with Crippen LogP contribution in [-0.4, -0.2) is 70.0 Å². The Morgan fingerprint density at radius 2 is 1.70 bits per heavy atom. The zero-order chi connectivity index (χ0) is 23.5. The predicted octanol–water partition coefficient (Wildman–Crippen LogP) is 2.24. The predicted molar refractivity (Wildman–Crippen MR) is 121 cm³/mol. The molecule has 33 heavy (non-hydrogen) atoms. The van der Waals surface area contributed by atoms with Crippen LogP contribution in [0.1, 0.15) is 22.8 Å². The van der Waals surface area contributed by atoms with Crippen molar-refractivity contribution in [2.45, 2.75) is 24.9 Å². The normalized spacial score (nSPS) is 28.5. The fraction of sp³-hybridized carbons (Fsp3) is 0.360. The number of nitrogens with zero attached hydrogens (tertiary/aromatic N) is 3. The molecule has 0 aromatic heterocycles. The topological polar surface area (TPSA) is 78.0 Å². The molecule has 2 bridgehead atoms. The number of rotatable bonds is 4. The average Bonchev–Trinajstić information content (AvgIpc) is 3.19. The van der Waals surface area contributed by atoms with Crippen LogP contribution in [0.25, 0.3) is 0 Å². The van der Waals surface area contributed by atoms with E-state index in [1.165, 1.54) is 7.05 Å². The van der Waals surface area contributed by atoms with E-state index in [1.807, 2.05) is 37.3 Å². The minimum atomic E-state index is -1.47. The maximum absolute atomic E-state index is 14.1. The lowest BCUT2D eigenvalue weighted by atomic mass is 9.75. The van der Waals surface area contributed by atoms with Gasteiger partial charge in [0.15, 0.2) is 0 Å². The lowest BCUT2D eigenvalue weighted by molar-refractivity contribution is -0.155. The largest absolute Gasteiger partial charge is 0.339 e. The molecule has 0 saturated carbocycles. The van der Waals surface area contributed by atoms with E-state index in [4.69, 9.17) is 11.6 Å². The van der Waals surface area contributed by atoms with E-state index < -0.39 is 29.3 Å². The summed E-state index contributed by atoms with van der Waals surface area (Å²) in [7, 11) is 1.46. The SMILES string of the molecule is CCN1C[C@@H]2[C@@H]3C(=O)N(C)C(=O)[C@@H]3[C@](Cc3ccccc3)(C1=O)N2C(=O)c1ccc(Cl)cc1. The van der Waals surface area contributed by atoms with Crippen molar-refractivity contribution in [3.63, 3.8) is 0 Å². The van der Waals surface area contributed by atoms with Crippen molar-refractivity contribution in [1.82, 2.24) is 14.7 Å². The van der Waals surface area contributed by atoms with Crippen LogP contribution in [0, 0.1) is 11.8 Å². The quantitative estimate of drug-likeness (QED) is 0.649. The number of hydrogen-bond donors (Lipinski definition) is 0. The molecule has 4 amide bonds. The highest BCUT2D eigenvalue weighted by Gasteiger charge is 2.74. The van der Waals surface area contributed by atoms with Crippen molar-refractivity contribution < 1.29 is 19.2 Å². The summed E-state index contributed by atoms with van der Waals surface area (Å²) in [6, 6.07) is 15.2. The van der Waals surface area contributed by atoms with Gasteiger partial charge in [-0.3, -0.25) is 24.1 Å². The second-order valence-electron chi connectivity index (χ2n) is 8.92. The highest BCUT2D eigenvalue weighted by Crippen LogP contribution is 2.53. The first-order valence-corrected chi connectivity index (χ1v) is 11.4. The third-order valence-electron chi connectivity index (χ3n) is 7.34. The number of hydrogen-bond acceptors (Lipinski definition) is 4. The van der Waals surface area contributed by atoms with Gasteiger partial charge in [0.1, 0.15) is 5.54 Å². The molecule has 3 saturated heterocycles. The molecule has 7 nitrogen and oxygen atoms in total. The van der Waals surface area contributed by atoms with Crippen molar-refractivity contribution >= 4 is 35.2 Å². The Labute approximate surface area is 196 Å². The number of benzene rings is 2. The number of carbonyl (C=O) groups excluding carboxylic acids is 4.